The highest BCUT2D eigenvalue weighted by atomic mass is 15.5. The van der Waals surface area contributed by atoms with Crippen molar-refractivity contribution >= 4 is 0 Å². The van der Waals surface area contributed by atoms with E-state index in [1.807, 2.05) is 35.0 Å². The van der Waals surface area contributed by atoms with E-state index in [0.29, 0.717) is 11.8 Å². The molecule has 0 unspecified atom stereocenters. The number of hydrogen-bond donors (Lipinski definition) is 1. The van der Waals surface area contributed by atoms with E-state index in [9.17, 15) is 0 Å². The van der Waals surface area contributed by atoms with Crippen molar-refractivity contribution in [1.82, 2.24) is 25.1 Å². The Labute approximate surface area is 153 Å². The van der Waals surface area contributed by atoms with E-state index in [1.54, 1.807) is 0 Å². The first-order valence-corrected chi connectivity index (χ1v) is 9.15. The maximum atomic E-state index is 6.05. The van der Waals surface area contributed by atoms with Crippen LogP contribution in [-0.2, 0) is 6.42 Å². The molecule has 0 spiro atoms. The van der Waals surface area contributed by atoms with Gasteiger partial charge < -0.3 is 10.6 Å². The Morgan fingerprint density at radius 3 is 2.42 bits per heavy atom. The summed E-state index contributed by atoms with van der Waals surface area (Å²) in [5.41, 5.74) is 8.44. The van der Waals surface area contributed by atoms with Gasteiger partial charge in [0.05, 0.1) is 5.69 Å². The van der Waals surface area contributed by atoms with Gasteiger partial charge in [0, 0.05) is 32.0 Å². The van der Waals surface area contributed by atoms with Gasteiger partial charge >= 0.3 is 0 Å². The van der Waals surface area contributed by atoms with Crippen LogP contribution in [0, 0.1) is 5.92 Å². The van der Waals surface area contributed by atoms with Gasteiger partial charge in [0.25, 0.3) is 0 Å². The fourth-order valence-electron chi connectivity index (χ4n) is 3.85. The highest BCUT2D eigenvalue weighted by molar-refractivity contribution is 5.30. The van der Waals surface area contributed by atoms with E-state index in [2.05, 4.69) is 50.8 Å². The first-order chi connectivity index (χ1) is 12.8. The number of tetrazole rings is 1. The molecule has 6 nitrogen and oxygen atoms in total. The Bertz CT molecular complexity index is 817. The zero-order valence-corrected chi connectivity index (χ0v) is 14.8. The number of aromatic nitrogens is 4. The number of rotatable bonds is 6. The second-order valence-corrected chi connectivity index (χ2v) is 6.86. The summed E-state index contributed by atoms with van der Waals surface area (Å²) in [5, 5.41) is 12.2. The minimum Gasteiger partial charge on any atom is -0.330 e. The Hall–Kier alpha value is -2.57. The standard InChI is InChI=1S/C20H24N6/c21-13-17-14-25(15-19(17)16-7-3-1-4-8-16)12-11-20-22-23-24-26(20)18-9-5-2-6-10-18/h1-10,17,19H,11-15,21H2/t17-,19+/m1/s1. The summed E-state index contributed by atoms with van der Waals surface area (Å²) in [6, 6.07) is 20.7. The lowest BCUT2D eigenvalue weighted by Crippen LogP contribution is -2.26. The molecule has 0 radical (unpaired) electrons. The van der Waals surface area contributed by atoms with Crippen LogP contribution in [0.5, 0.6) is 0 Å². The van der Waals surface area contributed by atoms with Crippen LogP contribution in [0.3, 0.4) is 0 Å². The third-order valence-electron chi connectivity index (χ3n) is 5.23. The van der Waals surface area contributed by atoms with Crippen molar-refractivity contribution in [3.05, 3.63) is 72.1 Å². The lowest BCUT2D eigenvalue weighted by molar-refractivity contribution is 0.325. The summed E-state index contributed by atoms with van der Waals surface area (Å²) < 4.78 is 1.82. The molecule has 2 heterocycles. The van der Waals surface area contributed by atoms with E-state index in [1.165, 1.54) is 5.56 Å². The van der Waals surface area contributed by atoms with Crippen molar-refractivity contribution in [3.63, 3.8) is 0 Å². The zero-order chi connectivity index (χ0) is 17.8. The summed E-state index contributed by atoms with van der Waals surface area (Å²) >= 11 is 0. The van der Waals surface area contributed by atoms with Gasteiger partial charge in [-0.2, -0.15) is 4.68 Å². The maximum Gasteiger partial charge on any atom is 0.157 e. The monoisotopic (exact) mass is 348 g/mol. The number of nitrogens with two attached hydrogens (primary N) is 1. The third kappa shape index (κ3) is 3.52. The van der Waals surface area contributed by atoms with Crippen molar-refractivity contribution in [2.45, 2.75) is 12.3 Å². The average Bonchev–Trinajstić information content (AvgIpc) is 3.34. The molecule has 1 aliphatic heterocycles. The second kappa shape index (κ2) is 7.76. The molecule has 0 aliphatic carbocycles. The van der Waals surface area contributed by atoms with Crippen LogP contribution in [0.1, 0.15) is 17.3 Å². The predicted octanol–water partition coefficient (Wildman–Crippen LogP) is 1.88. The zero-order valence-electron chi connectivity index (χ0n) is 14.8. The van der Waals surface area contributed by atoms with Gasteiger partial charge in [-0.05, 0) is 40.6 Å². The largest absolute Gasteiger partial charge is 0.330 e. The molecule has 1 saturated heterocycles. The number of likely N-dealkylation sites (tertiary alicyclic amines) is 1. The highest BCUT2D eigenvalue weighted by Crippen LogP contribution is 2.31. The number of para-hydroxylation sites is 1. The molecule has 26 heavy (non-hydrogen) atoms. The van der Waals surface area contributed by atoms with Crippen molar-refractivity contribution in [3.8, 4) is 5.69 Å². The lowest BCUT2D eigenvalue weighted by atomic mass is 9.89. The Kier molecular flexibility index (Phi) is 5.04. The summed E-state index contributed by atoms with van der Waals surface area (Å²) in [5.74, 6) is 1.90. The lowest BCUT2D eigenvalue weighted by Gasteiger charge is -2.16. The van der Waals surface area contributed by atoms with Crippen LogP contribution in [-0.4, -0.2) is 51.3 Å². The van der Waals surface area contributed by atoms with Gasteiger partial charge in [-0.25, -0.2) is 0 Å². The summed E-state index contributed by atoms with van der Waals surface area (Å²) in [4.78, 5) is 2.49. The quantitative estimate of drug-likeness (QED) is 0.736. The Morgan fingerprint density at radius 2 is 1.69 bits per heavy atom. The second-order valence-electron chi connectivity index (χ2n) is 6.86. The van der Waals surface area contributed by atoms with Gasteiger partial charge in [0.15, 0.2) is 5.82 Å². The topological polar surface area (TPSA) is 72.9 Å². The smallest absolute Gasteiger partial charge is 0.157 e. The van der Waals surface area contributed by atoms with Crippen molar-refractivity contribution in [2.75, 3.05) is 26.2 Å². The van der Waals surface area contributed by atoms with Crippen molar-refractivity contribution in [2.24, 2.45) is 11.7 Å². The van der Waals surface area contributed by atoms with E-state index in [4.69, 9.17) is 5.73 Å². The van der Waals surface area contributed by atoms with Gasteiger partial charge in [-0.15, -0.1) is 5.10 Å². The van der Waals surface area contributed by atoms with E-state index in [0.717, 1.165) is 44.1 Å². The Morgan fingerprint density at radius 1 is 0.962 bits per heavy atom. The van der Waals surface area contributed by atoms with Gasteiger partial charge in [-0.1, -0.05) is 48.5 Å². The third-order valence-corrected chi connectivity index (χ3v) is 5.23. The van der Waals surface area contributed by atoms with Gasteiger partial charge in [0.1, 0.15) is 0 Å². The van der Waals surface area contributed by atoms with Crippen molar-refractivity contribution in [1.29, 1.82) is 0 Å². The molecule has 1 aromatic heterocycles. The average molecular weight is 348 g/mol. The fraction of sp³-hybridized carbons (Fsp3) is 0.350. The number of nitrogens with zero attached hydrogens (tertiary/aromatic N) is 5. The fourth-order valence-corrected chi connectivity index (χ4v) is 3.85. The molecule has 1 aliphatic rings. The van der Waals surface area contributed by atoms with E-state index in [-0.39, 0.29) is 0 Å². The molecule has 6 heteroatoms. The molecule has 3 aromatic rings. The molecular formula is C20H24N6. The van der Waals surface area contributed by atoms with Crippen LogP contribution in [0.4, 0.5) is 0 Å². The minimum atomic E-state index is 0.502. The first-order valence-electron chi connectivity index (χ1n) is 9.15. The predicted molar refractivity (Wildman–Crippen MR) is 101 cm³/mol. The SMILES string of the molecule is NC[C@@H]1CN(CCc2nnnn2-c2ccccc2)C[C@H]1c1ccccc1. The van der Waals surface area contributed by atoms with Crippen molar-refractivity contribution < 1.29 is 0 Å². The number of hydrogen-bond acceptors (Lipinski definition) is 5. The normalized spacial score (nSPS) is 20.5. The molecule has 4 rings (SSSR count). The maximum absolute atomic E-state index is 6.05. The summed E-state index contributed by atoms with van der Waals surface area (Å²) in [6.07, 6.45) is 0.820. The first kappa shape index (κ1) is 16.9. The summed E-state index contributed by atoms with van der Waals surface area (Å²) in [7, 11) is 0. The molecule has 2 N–H and O–H groups in total. The van der Waals surface area contributed by atoms with Gasteiger partial charge in [0.2, 0.25) is 0 Å². The molecule has 134 valence electrons. The van der Waals surface area contributed by atoms with Crippen LogP contribution < -0.4 is 5.73 Å². The van der Waals surface area contributed by atoms with Crippen LogP contribution in [0.15, 0.2) is 60.7 Å². The molecular weight excluding hydrogens is 324 g/mol. The molecule has 2 atom stereocenters. The molecule has 0 saturated carbocycles. The van der Waals surface area contributed by atoms with Crippen LogP contribution in [0.2, 0.25) is 0 Å². The molecule has 0 amide bonds. The Balaban J connectivity index is 1.43. The highest BCUT2D eigenvalue weighted by Gasteiger charge is 2.32. The minimum absolute atomic E-state index is 0.502. The van der Waals surface area contributed by atoms with Crippen LogP contribution >= 0.6 is 0 Å². The molecule has 2 aromatic carbocycles. The van der Waals surface area contributed by atoms with E-state index < -0.39 is 0 Å². The van der Waals surface area contributed by atoms with Gasteiger partial charge in [-0.3, -0.25) is 0 Å². The van der Waals surface area contributed by atoms with E-state index >= 15 is 0 Å². The molecule has 1 fully saturated rings. The van der Waals surface area contributed by atoms with Crippen LogP contribution in [0.25, 0.3) is 5.69 Å². The summed E-state index contributed by atoms with van der Waals surface area (Å²) in [6.45, 7) is 3.73. The number of benzene rings is 2. The molecule has 0 bridgehead atoms.